The molecule has 1 aliphatic rings. The normalized spacial score (nSPS) is 16.2. The zero-order valence-electron chi connectivity index (χ0n) is 19.0. The molecule has 0 aliphatic carbocycles. The summed E-state index contributed by atoms with van der Waals surface area (Å²) in [6.07, 6.45) is 2.68. The highest BCUT2D eigenvalue weighted by molar-refractivity contribution is 5.84. The Morgan fingerprint density at radius 3 is 2.50 bits per heavy atom. The van der Waals surface area contributed by atoms with Crippen LogP contribution in [0.5, 0.6) is 0 Å². The van der Waals surface area contributed by atoms with Gasteiger partial charge in [-0.25, -0.2) is 4.39 Å². The average molecular weight is 435 g/mol. The lowest BCUT2D eigenvalue weighted by atomic mass is 9.95. The first-order valence-corrected chi connectivity index (χ1v) is 11.2. The fraction of sp³-hybridized carbons (Fsp3) is 0.385. The van der Waals surface area contributed by atoms with Crippen LogP contribution in [-0.2, 0) is 31.4 Å². The van der Waals surface area contributed by atoms with E-state index in [-0.39, 0.29) is 17.6 Å². The molecule has 0 saturated carbocycles. The number of nitrogens with zero attached hydrogens (tertiary/aromatic N) is 3. The summed E-state index contributed by atoms with van der Waals surface area (Å²) < 4.78 is 14.9. The lowest BCUT2D eigenvalue weighted by molar-refractivity contribution is -0.123. The molecule has 1 amide bonds. The number of rotatable bonds is 7. The van der Waals surface area contributed by atoms with Crippen molar-refractivity contribution < 1.29 is 9.18 Å². The standard InChI is InChI=1S/C26H31FN4O/c1-18(2)21-8-4-20(5-9-21)14-31-16-22-15-30(3)29-25(22)24(17-31)26(32)28-13-12-19-6-10-23(27)11-7-19/h4-11,15,18,24H,12-14,16-17H2,1-3H3,(H,28,32)/t24-/m1/s1. The fourth-order valence-electron chi connectivity index (χ4n) is 4.32. The van der Waals surface area contributed by atoms with E-state index in [2.05, 4.69) is 53.4 Å². The van der Waals surface area contributed by atoms with E-state index in [9.17, 15) is 9.18 Å². The molecule has 0 saturated heterocycles. The van der Waals surface area contributed by atoms with Crippen LogP contribution in [-0.4, -0.2) is 33.7 Å². The molecule has 1 aromatic heterocycles. The molecule has 5 nitrogen and oxygen atoms in total. The van der Waals surface area contributed by atoms with E-state index in [1.54, 1.807) is 16.8 Å². The van der Waals surface area contributed by atoms with E-state index in [4.69, 9.17) is 0 Å². The van der Waals surface area contributed by atoms with Crippen LogP contribution in [0.15, 0.2) is 54.7 Å². The van der Waals surface area contributed by atoms with Crippen molar-refractivity contribution in [3.8, 4) is 0 Å². The van der Waals surface area contributed by atoms with Crippen LogP contribution >= 0.6 is 0 Å². The van der Waals surface area contributed by atoms with Crippen molar-refractivity contribution >= 4 is 5.91 Å². The van der Waals surface area contributed by atoms with Gasteiger partial charge in [0.2, 0.25) is 5.91 Å². The molecule has 1 N–H and O–H groups in total. The molecule has 0 spiro atoms. The van der Waals surface area contributed by atoms with Crippen LogP contribution in [0.25, 0.3) is 0 Å². The summed E-state index contributed by atoms with van der Waals surface area (Å²) in [4.78, 5) is 15.4. The molecule has 0 fully saturated rings. The molecule has 4 rings (SSSR count). The Kier molecular flexibility index (Phi) is 6.70. The minimum atomic E-state index is -0.303. The molecule has 3 aromatic rings. The van der Waals surface area contributed by atoms with E-state index in [0.717, 1.165) is 29.9 Å². The second kappa shape index (κ2) is 9.65. The Balaban J connectivity index is 1.42. The number of aromatic nitrogens is 2. The van der Waals surface area contributed by atoms with Crippen LogP contribution < -0.4 is 5.32 Å². The summed E-state index contributed by atoms with van der Waals surface area (Å²) in [5.74, 6) is -0.0448. The molecule has 1 aliphatic heterocycles. The summed E-state index contributed by atoms with van der Waals surface area (Å²) in [5, 5.41) is 7.65. The van der Waals surface area contributed by atoms with Crippen molar-refractivity contribution in [2.24, 2.45) is 7.05 Å². The van der Waals surface area contributed by atoms with Crippen LogP contribution in [0, 0.1) is 5.82 Å². The molecule has 6 heteroatoms. The number of halogens is 1. The third-order valence-corrected chi connectivity index (χ3v) is 6.10. The zero-order valence-corrected chi connectivity index (χ0v) is 19.0. The second-order valence-electron chi connectivity index (χ2n) is 9.00. The number of hydrogen-bond donors (Lipinski definition) is 1. The molecule has 0 unspecified atom stereocenters. The Morgan fingerprint density at radius 1 is 1.12 bits per heavy atom. The molecule has 2 aromatic carbocycles. The molecular formula is C26H31FN4O. The molecule has 168 valence electrons. The lowest BCUT2D eigenvalue weighted by Gasteiger charge is -2.31. The van der Waals surface area contributed by atoms with Gasteiger partial charge in [0.15, 0.2) is 0 Å². The number of fused-ring (bicyclic) bond motifs is 1. The van der Waals surface area contributed by atoms with Gasteiger partial charge in [0, 0.05) is 45.0 Å². The Labute approximate surface area is 189 Å². The zero-order chi connectivity index (χ0) is 22.7. The van der Waals surface area contributed by atoms with Gasteiger partial charge >= 0.3 is 0 Å². The summed E-state index contributed by atoms with van der Waals surface area (Å²) in [7, 11) is 1.90. The lowest BCUT2D eigenvalue weighted by Crippen LogP contribution is -2.41. The summed E-state index contributed by atoms with van der Waals surface area (Å²) in [5.41, 5.74) is 5.56. The predicted molar refractivity (Wildman–Crippen MR) is 124 cm³/mol. The smallest absolute Gasteiger partial charge is 0.230 e. The third-order valence-electron chi connectivity index (χ3n) is 6.10. The first kappa shape index (κ1) is 22.2. The van der Waals surface area contributed by atoms with Crippen LogP contribution in [0.1, 0.15) is 53.6 Å². The van der Waals surface area contributed by atoms with Gasteiger partial charge in [-0.05, 0) is 41.2 Å². The minimum Gasteiger partial charge on any atom is -0.355 e. The molecule has 1 atom stereocenters. The van der Waals surface area contributed by atoms with Gasteiger partial charge < -0.3 is 5.32 Å². The van der Waals surface area contributed by atoms with Crippen molar-refractivity contribution in [3.05, 3.63) is 88.5 Å². The van der Waals surface area contributed by atoms with E-state index in [1.807, 2.05) is 13.2 Å². The van der Waals surface area contributed by atoms with Crippen molar-refractivity contribution in [1.29, 1.82) is 0 Å². The molecule has 2 heterocycles. The number of amides is 1. The molecule has 0 bridgehead atoms. The molecule has 32 heavy (non-hydrogen) atoms. The van der Waals surface area contributed by atoms with Gasteiger partial charge in [-0.3, -0.25) is 14.4 Å². The van der Waals surface area contributed by atoms with Crippen molar-refractivity contribution in [3.63, 3.8) is 0 Å². The van der Waals surface area contributed by atoms with Gasteiger partial charge in [0.25, 0.3) is 0 Å². The Morgan fingerprint density at radius 2 is 1.81 bits per heavy atom. The van der Waals surface area contributed by atoms with Crippen LogP contribution in [0.2, 0.25) is 0 Å². The SMILES string of the molecule is CC(C)c1ccc(CN2Cc3cn(C)nc3[C@H](C(=O)NCCc3ccc(F)cc3)C2)cc1. The van der Waals surface area contributed by atoms with Gasteiger partial charge in [-0.15, -0.1) is 0 Å². The minimum absolute atomic E-state index is 0.00748. The van der Waals surface area contributed by atoms with Gasteiger partial charge in [-0.2, -0.15) is 5.10 Å². The second-order valence-corrected chi connectivity index (χ2v) is 9.00. The maximum atomic E-state index is 13.1. The number of carbonyl (C=O) groups excluding carboxylic acids is 1. The first-order valence-electron chi connectivity index (χ1n) is 11.2. The van der Waals surface area contributed by atoms with E-state index in [1.165, 1.54) is 23.3 Å². The maximum Gasteiger partial charge on any atom is 0.230 e. The molecule has 0 radical (unpaired) electrons. The average Bonchev–Trinajstić information content (AvgIpc) is 3.15. The quantitative estimate of drug-likeness (QED) is 0.608. The highest BCUT2D eigenvalue weighted by Crippen LogP contribution is 2.28. The van der Waals surface area contributed by atoms with Gasteiger partial charge in [0.05, 0.1) is 11.6 Å². The maximum absolute atomic E-state index is 13.1. The third kappa shape index (κ3) is 5.25. The van der Waals surface area contributed by atoms with Crippen molar-refractivity contribution in [2.45, 2.75) is 45.2 Å². The summed E-state index contributed by atoms with van der Waals surface area (Å²) in [6.45, 7) is 7.13. The summed E-state index contributed by atoms with van der Waals surface area (Å²) >= 11 is 0. The number of hydrogen-bond acceptors (Lipinski definition) is 3. The summed E-state index contributed by atoms with van der Waals surface area (Å²) in [6, 6.07) is 15.2. The van der Waals surface area contributed by atoms with Gasteiger partial charge in [0.1, 0.15) is 5.82 Å². The van der Waals surface area contributed by atoms with Crippen molar-refractivity contribution in [2.75, 3.05) is 13.1 Å². The first-order chi connectivity index (χ1) is 15.4. The highest BCUT2D eigenvalue weighted by Gasteiger charge is 2.33. The number of nitrogens with one attached hydrogen (secondary N) is 1. The fourth-order valence-corrected chi connectivity index (χ4v) is 4.32. The monoisotopic (exact) mass is 434 g/mol. The van der Waals surface area contributed by atoms with E-state index in [0.29, 0.717) is 25.4 Å². The number of carbonyl (C=O) groups is 1. The molecular weight excluding hydrogens is 403 g/mol. The Bertz CT molecular complexity index is 1060. The van der Waals surface area contributed by atoms with Crippen molar-refractivity contribution in [1.82, 2.24) is 20.0 Å². The highest BCUT2D eigenvalue weighted by atomic mass is 19.1. The van der Waals surface area contributed by atoms with Crippen LogP contribution in [0.3, 0.4) is 0 Å². The largest absolute Gasteiger partial charge is 0.355 e. The van der Waals surface area contributed by atoms with Gasteiger partial charge in [-0.1, -0.05) is 50.2 Å². The predicted octanol–water partition coefficient (Wildman–Crippen LogP) is 4.14. The van der Waals surface area contributed by atoms with E-state index >= 15 is 0 Å². The van der Waals surface area contributed by atoms with E-state index < -0.39 is 0 Å². The topological polar surface area (TPSA) is 50.2 Å². The number of benzene rings is 2. The number of aryl methyl sites for hydroxylation is 1. The Hall–Kier alpha value is -2.99. The van der Waals surface area contributed by atoms with Crippen LogP contribution in [0.4, 0.5) is 4.39 Å².